The van der Waals surface area contributed by atoms with Gasteiger partial charge < -0.3 is 4.74 Å². The van der Waals surface area contributed by atoms with Gasteiger partial charge in [0.05, 0.1) is 11.9 Å². The fraction of sp³-hybridized carbons (Fsp3) is 0.320. The number of carbonyl (C=O) groups is 1. The van der Waals surface area contributed by atoms with Crippen LogP contribution in [-0.4, -0.2) is 28.7 Å². The predicted molar refractivity (Wildman–Crippen MR) is 118 cm³/mol. The van der Waals surface area contributed by atoms with Crippen LogP contribution in [0.5, 0.6) is 0 Å². The molecule has 1 saturated heterocycles. The fourth-order valence-electron chi connectivity index (χ4n) is 3.86. The number of pyridine rings is 2. The standard InChI is InChI=1S/C25H26FN3O2/c1-17(2)20-15-21(26)23(18-9-4-3-5-10-18)28-24(20)25(30)29(19-11-8-13-27-16-19)22-12-6-7-14-31-22/h3-5,8-11,13,15-17,22H,6-7,12,14H2,1-2H3. The van der Waals surface area contributed by atoms with Crippen LogP contribution < -0.4 is 4.90 Å². The first-order chi connectivity index (χ1) is 15.1. The maximum atomic E-state index is 15.0. The van der Waals surface area contributed by atoms with Crippen molar-refractivity contribution in [2.24, 2.45) is 0 Å². The maximum absolute atomic E-state index is 15.0. The molecule has 1 aliphatic heterocycles. The SMILES string of the molecule is CC(C)c1cc(F)c(-c2ccccc2)nc1C(=O)N(c1cccnc1)C1CCCCO1. The smallest absolute Gasteiger partial charge is 0.279 e. The highest BCUT2D eigenvalue weighted by molar-refractivity contribution is 6.06. The summed E-state index contributed by atoms with van der Waals surface area (Å²) in [7, 11) is 0. The maximum Gasteiger partial charge on any atom is 0.279 e. The van der Waals surface area contributed by atoms with Crippen molar-refractivity contribution >= 4 is 11.6 Å². The second kappa shape index (κ2) is 9.35. The minimum atomic E-state index is -0.437. The Hall–Kier alpha value is -3.12. The van der Waals surface area contributed by atoms with E-state index in [0.29, 0.717) is 23.4 Å². The van der Waals surface area contributed by atoms with Gasteiger partial charge in [-0.3, -0.25) is 14.7 Å². The summed E-state index contributed by atoms with van der Waals surface area (Å²) in [6, 6.07) is 14.2. The minimum absolute atomic E-state index is 0.0752. The fourth-order valence-corrected chi connectivity index (χ4v) is 3.86. The molecule has 2 aromatic heterocycles. The van der Waals surface area contributed by atoms with E-state index in [1.807, 2.05) is 38.1 Å². The minimum Gasteiger partial charge on any atom is -0.358 e. The van der Waals surface area contributed by atoms with Crippen LogP contribution in [0.15, 0.2) is 60.9 Å². The average molecular weight is 420 g/mol. The molecule has 1 amide bonds. The van der Waals surface area contributed by atoms with Gasteiger partial charge in [0, 0.05) is 18.4 Å². The molecular formula is C25H26FN3O2. The van der Waals surface area contributed by atoms with Crippen molar-refractivity contribution in [3.63, 3.8) is 0 Å². The number of anilines is 1. The van der Waals surface area contributed by atoms with Gasteiger partial charge in [-0.05, 0) is 48.9 Å². The summed E-state index contributed by atoms with van der Waals surface area (Å²) in [4.78, 5) is 24.3. The van der Waals surface area contributed by atoms with Crippen molar-refractivity contribution in [1.29, 1.82) is 0 Å². The van der Waals surface area contributed by atoms with Gasteiger partial charge in [-0.25, -0.2) is 9.37 Å². The van der Waals surface area contributed by atoms with E-state index in [4.69, 9.17) is 4.74 Å². The Morgan fingerprint density at radius 1 is 1.16 bits per heavy atom. The zero-order valence-corrected chi connectivity index (χ0v) is 17.8. The van der Waals surface area contributed by atoms with Crippen LogP contribution in [0, 0.1) is 5.82 Å². The normalized spacial score (nSPS) is 16.3. The number of hydrogen-bond acceptors (Lipinski definition) is 4. The van der Waals surface area contributed by atoms with E-state index in [-0.39, 0.29) is 23.2 Å². The zero-order valence-electron chi connectivity index (χ0n) is 17.8. The summed E-state index contributed by atoms with van der Waals surface area (Å²) in [5, 5.41) is 0. The summed E-state index contributed by atoms with van der Waals surface area (Å²) in [6.45, 7) is 4.46. The van der Waals surface area contributed by atoms with Gasteiger partial charge in [0.2, 0.25) is 0 Å². The number of rotatable bonds is 5. The van der Waals surface area contributed by atoms with Gasteiger partial charge in [-0.2, -0.15) is 0 Å². The molecule has 0 aliphatic carbocycles. The first kappa shape index (κ1) is 21.1. The zero-order chi connectivity index (χ0) is 21.8. The third-order valence-corrected chi connectivity index (χ3v) is 5.46. The first-order valence-electron chi connectivity index (χ1n) is 10.7. The van der Waals surface area contributed by atoms with Crippen LogP contribution in [0.2, 0.25) is 0 Å². The van der Waals surface area contributed by atoms with Crippen molar-refractivity contribution in [1.82, 2.24) is 9.97 Å². The van der Waals surface area contributed by atoms with Crippen LogP contribution in [0.3, 0.4) is 0 Å². The summed E-state index contributed by atoms with van der Waals surface area (Å²) in [5.41, 5.74) is 2.26. The molecule has 1 fully saturated rings. The Kier molecular flexibility index (Phi) is 6.37. The molecule has 0 saturated carbocycles. The van der Waals surface area contributed by atoms with Gasteiger partial charge in [-0.15, -0.1) is 0 Å². The lowest BCUT2D eigenvalue weighted by molar-refractivity contribution is 0.0143. The first-order valence-corrected chi connectivity index (χ1v) is 10.7. The molecule has 0 N–H and O–H groups in total. The topological polar surface area (TPSA) is 55.3 Å². The molecule has 160 valence electrons. The molecule has 1 unspecified atom stereocenters. The van der Waals surface area contributed by atoms with Gasteiger partial charge in [0.15, 0.2) is 0 Å². The average Bonchev–Trinajstić information content (AvgIpc) is 2.81. The van der Waals surface area contributed by atoms with Gasteiger partial charge in [0.1, 0.15) is 23.4 Å². The van der Waals surface area contributed by atoms with E-state index < -0.39 is 12.0 Å². The lowest BCUT2D eigenvalue weighted by atomic mass is 9.98. The van der Waals surface area contributed by atoms with E-state index in [1.165, 1.54) is 6.07 Å². The third-order valence-electron chi connectivity index (χ3n) is 5.46. The van der Waals surface area contributed by atoms with Crippen LogP contribution >= 0.6 is 0 Å². The number of carbonyl (C=O) groups excluding carboxylic acids is 1. The molecule has 0 radical (unpaired) electrons. The molecule has 4 rings (SSSR count). The third kappa shape index (κ3) is 4.49. The molecule has 3 aromatic rings. The van der Waals surface area contributed by atoms with Crippen LogP contribution in [0.4, 0.5) is 10.1 Å². The van der Waals surface area contributed by atoms with E-state index in [2.05, 4.69) is 9.97 Å². The van der Waals surface area contributed by atoms with E-state index in [0.717, 1.165) is 19.3 Å². The lowest BCUT2D eigenvalue weighted by Crippen LogP contribution is -2.44. The molecule has 1 atom stereocenters. The Morgan fingerprint density at radius 2 is 1.97 bits per heavy atom. The highest BCUT2D eigenvalue weighted by atomic mass is 19.1. The quantitative estimate of drug-likeness (QED) is 0.542. The van der Waals surface area contributed by atoms with Crippen molar-refractivity contribution in [3.05, 3.63) is 78.0 Å². The summed E-state index contributed by atoms with van der Waals surface area (Å²) in [6.07, 6.45) is 5.57. The molecular weight excluding hydrogens is 393 g/mol. The predicted octanol–water partition coefficient (Wildman–Crippen LogP) is 5.58. The number of benzene rings is 1. The van der Waals surface area contributed by atoms with E-state index in [9.17, 15) is 9.18 Å². The monoisotopic (exact) mass is 419 g/mol. The highest BCUT2D eigenvalue weighted by Gasteiger charge is 2.32. The van der Waals surface area contributed by atoms with Crippen molar-refractivity contribution < 1.29 is 13.9 Å². The van der Waals surface area contributed by atoms with Crippen molar-refractivity contribution in [2.45, 2.75) is 45.3 Å². The number of ether oxygens (including phenoxy) is 1. The highest BCUT2D eigenvalue weighted by Crippen LogP contribution is 2.30. The lowest BCUT2D eigenvalue weighted by Gasteiger charge is -2.34. The molecule has 6 heteroatoms. The number of hydrogen-bond donors (Lipinski definition) is 0. The van der Waals surface area contributed by atoms with Crippen LogP contribution in [-0.2, 0) is 4.74 Å². The Morgan fingerprint density at radius 3 is 2.61 bits per heavy atom. The molecule has 5 nitrogen and oxygen atoms in total. The molecule has 1 aliphatic rings. The number of halogens is 1. The van der Waals surface area contributed by atoms with E-state index >= 15 is 0 Å². The molecule has 1 aromatic carbocycles. The van der Waals surface area contributed by atoms with Crippen LogP contribution in [0.1, 0.15) is 55.1 Å². The van der Waals surface area contributed by atoms with E-state index in [1.54, 1.807) is 35.5 Å². The molecule has 0 spiro atoms. The number of aromatic nitrogens is 2. The molecule has 31 heavy (non-hydrogen) atoms. The molecule has 0 bridgehead atoms. The van der Waals surface area contributed by atoms with Crippen molar-refractivity contribution in [2.75, 3.05) is 11.5 Å². The summed E-state index contributed by atoms with van der Waals surface area (Å²) in [5.74, 6) is -0.817. The van der Waals surface area contributed by atoms with Crippen molar-refractivity contribution in [3.8, 4) is 11.3 Å². The van der Waals surface area contributed by atoms with Crippen LogP contribution in [0.25, 0.3) is 11.3 Å². The Balaban J connectivity index is 1.84. The number of amides is 1. The summed E-state index contributed by atoms with van der Waals surface area (Å²) < 4.78 is 20.9. The second-order valence-electron chi connectivity index (χ2n) is 7.98. The Labute approximate surface area is 181 Å². The Bertz CT molecular complexity index is 1040. The second-order valence-corrected chi connectivity index (χ2v) is 7.98. The van der Waals surface area contributed by atoms with Gasteiger partial charge in [0.25, 0.3) is 5.91 Å². The molecule has 3 heterocycles. The van der Waals surface area contributed by atoms with Gasteiger partial charge in [-0.1, -0.05) is 44.2 Å². The largest absolute Gasteiger partial charge is 0.358 e. The number of nitrogens with zero attached hydrogens (tertiary/aromatic N) is 3. The summed E-state index contributed by atoms with van der Waals surface area (Å²) >= 11 is 0. The van der Waals surface area contributed by atoms with Gasteiger partial charge >= 0.3 is 0 Å².